The Morgan fingerprint density at radius 1 is 1.25 bits per heavy atom. The number of carbonyl (C=O) groups is 1. The van der Waals surface area contributed by atoms with Crippen molar-refractivity contribution in [2.75, 3.05) is 33.2 Å². The molecule has 1 fully saturated rings. The fourth-order valence-electron chi connectivity index (χ4n) is 2.96. The van der Waals surface area contributed by atoms with E-state index in [1.54, 1.807) is 19.2 Å². The lowest BCUT2D eigenvalue weighted by molar-refractivity contribution is -0.143. The zero-order chi connectivity index (χ0) is 19.9. The van der Waals surface area contributed by atoms with E-state index >= 15 is 0 Å². The molecule has 1 aliphatic rings. The molecule has 10 heteroatoms. The number of carbonyl (C=O) groups excluding carboxylic acids is 1. The maximum atomic E-state index is 12.5. The van der Waals surface area contributed by atoms with Crippen LogP contribution in [0.4, 0.5) is 13.2 Å². The summed E-state index contributed by atoms with van der Waals surface area (Å²) in [6.45, 7) is 2.80. The van der Waals surface area contributed by atoms with Crippen LogP contribution in [-0.2, 0) is 6.54 Å². The van der Waals surface area contributed by atoms with E-state index in [0.29, 0.717) is 44.1 Å². The molecule has 1 unspecified atom stereocenters. The van der Waals surface area contributed by atoms with Crippen LogP contribution < -0.4 is 16.0 Å². The molecular formula is C18H27F3IN5O. The lowest BCUT2D eigenvalue weighted by Gasteiger charge is -2.19. The van der Waals surface area contributed by atoms with Crippen molar-refractivity contribution in [2.45, 2.75) is 32.1 Å². The van der Waals surface area contributed by atoms with Gasteiger partial charge >= 0.3 is 6.18 Å². The molecule has 1 aromatic rings. The highest BCUT2D eigenvalue weighted by molar-refractivity contribution is 14.0. The van der Waals surface area contributed by atoms with E-state index in [2.05, 4.69) is 20.9 Å². The van der Waals surface area contributed by atoms with Crippen LogP contribution in [0.25, 0.3) is 0 Å². The molecule has 0 radical (unpaired) electrons. The van der Waals surface area contributed by atoms with E-state index in [-0.39, 0.29) is 35.9 Å². The van der Waals surface area contributed by atoms with Crippen LogP contribution in [-0.4, -0.2) is 62.2 Å². The van der Waals surface area contributed by atoms with E-state index < -0.39 is 12.7 Å². The number of amides is 1. The molecule has 2 rings (SSSR count). The molecule has 0 aromatic heterocycles. The van der Waals surface area contributed by atoms with Gasteiger partial charge in [0.15, 0.2) is 5.96 Å². The molecular weight excluding hydrogens is 486 g/mol. The number of hydrogen-bond acceptors (Lipinski definition) is 3. The lowest BCUT2D eigenvalue weighted by Crippen LogP contribution is -2.44. The second kappa shape index (κ2) is 11.4. The van der Waals surface area contributed by atoms with Crippen molar-refractivity contribution >= 4 is 35.8 Å². The highest BCUT2D eigenvalue weighted by atomic mass is 127. The minimum Gasteiger partial charge on any atom is -0.352 e. The van der Waals surface area contributed by atoms with E-state index in [1.165, 1.54) is 4.90 Å². The first-order valence-electron chi connectivity index (χ1n) is 8.94. The number of guanidine groups is 1. The van der Waals surface area contributed by atoms with Crippen LogP contribution >= 0.6 is 24.0 Å². The number of hydrogen-bond donors (Lipinski definition) is 3. The Morgan fingerprint density at radius 2 is 1.93 bits per heavy atom. The van der Waals surface area contributed by atoms with Crippen molar-refractivity contribution in [1.82, 2.24) is 20.9 Å². The number of likely N-dealkylation sites (tertiary alicyclic amines) is 1. The monoisotopic (exact) mass is 513 g/mol. The van der Waals surface area contributed by atoms with Crippen molar-refractivity contribution in [2.24, 2.45) is 4.99 Å². The first-order valence-corrected chi connectivity index (χ1v) is 8.94. The first kappa shape index (κ1) is 24.5. The third kappa shape index (κ3) is 8.21. The molecule has 1 atom stereocenters. The summed E-state index contributed by atoms with van der Waals surface area (Å²) in [6, 6.07) is 7.14. The van der Waals surface area contributed by atoms with E-state index in [4.69, 9.17) is 0 Å². The Labute approximate surface area is 180 Å². The summed E-state index contributed by atoms with van der Waals surface area (Å²) in [4.78, 5) is 17.3. The van der Waals surface area contributed by atoms with Crippen LogP contribution in [0.5, 0.6) is 0 Å². The fraction of sp³-hybridized carbons (Fsp3) is 0.556. The minimum absolute atomic E-state index is 0. The van der Waals surface area contributed by atoms with Crippen LogP contribution in [0, 0.1) is 0 Å². The number of nitrogens with zero attached hydrogens (tertiary/aromatic N) is 2. The van der Waals surface area contributed by atoms with Crippen LogP contribution in [0.2, 0.25) is 0 Å². The maximum absolute atomic E-state index is 12.5. The second-order valence-corrected chi connectivity index (χ2v) is 6.46. The van der Waals surface area contributed by atoms with Gasteiger partial charge in [-0.1, -0.05) is 12.1 Å². The zero-order valence-electron chi connectivity index (χ0n) is 16.0. The molecule has 0 spiro atoms. The smallest absolute Gasteiger partial charge is 0.352 e. The van der Waals surface area contributed by atoms with Gasteiger partial charge in [-0.3, -0.25) is 14.7 Å². The molecule has 1 amide bonds. The van der Waals surface area contributed by atoms with Gasteiger partial charge in [-0.15, -0.1) is 24.0 Å². The Hall–Kier alpha value is -1.56. The van der Waals surface area contributed by atoms with Gasteiger partial charge in [-0.05, 0) is 31.0 Å². The number of nitrogens with one attached hydrogen (secondary N) is 3. The lowest BCUT2D eigenvalue weighted by atomic mass is 10.1. The van der Waals surface area contributed by atoms with Gasteiger partial charge in [0, 0.05) is 44.8 Å². The standard InChI is InChI=1S/C18H26F3N5O.HI/c1-3-23-16(27)14-6-4-13(5-7-14)10-24-17(22-2)25-15-8-9-26(11-15)12-18(19,20)21;/h4-7,15H,3,8-12H2,1-2H3,(H,23,27)(H2,22,24,25);1H. The zero-order valence-corrected chi connectivity index (χ0v) is 18.3. The Balaban J connectivity index is 0.00000392. The van der Waals surface area contributed by atoms with Crippen LogP contribution in [0.3, 0.4) is 0 Å². The molecule has 1 heterocycles. The summed E-state index contributed by atoms with van der Waals surface area (Å²) in [6.07, 6.45) is -3.53. The predicted octanol–water partition coefficient (Wildman–Crippen LogP) is 2.36. The first-order chi connectivity index (χ1) is 12.8. The number of aliphatic imine (C=N–C) groups is 1. The van der Waals surface area contributed by atoms with Crippen LogP contribution in [0.15, 0.2) is 29.3 Å². The summed E-state index contributed by atoms with van der Waals surface area (Å²) in [5.74, 6) is 0.431. The maximum Gasteiger partial charge on any atom is 0.401 e. The van der Waals surface area contributed by atoms with E-state index in [0.717, 1.165) is 5.56 Å². The van der Waals surface area contributed by atoms with Crippen molar-refractivity contribution in [3.05, 3.63) is 35.4 Å². The average Bonchev–Trinajstić information content (AvgIpc) is 3.04. The fourth-order valence-corrected chi connectivity index (χ4v) is 2.96. The summed E-state index contributed by atoms with van der Waals surface area (Å²) >= 11 is 0. The molecule has 158 valence electrons. The molecule has 6 nitrogen and oxygen atoms in total. The van der Waals surface area contributed by atoms with Crippen molar-refractivity contribution in [1.29, 1.82) is 0 Å². The van der Waals surface area contributed by atoms with Gasteiger partial charge in [0.1, 0.15) is 0 Å². The number of benzene rings is 1. The molecule has 1 saturated heterocycles. The number of alkyl halides is 3. The van der Waals surface area contributed by atoms with Gasteiger partial charge in [0.25, 0.3) is 5.91 Å². The van der Waals surface area contributed by atoms with E-state index in [1.807, 2.05) is 19.1 Å². The van der Waals surface area contributed by atoms with Crippen molar-refractivity contribution in [3.63, 3.8) is 0 Å². The van der Waals surface area contributed by atoms with Gasteiger partial charge in [-0.25, -0.2) is 0 Å². The highest BCUT2D eigenvalue weighted by Crippen LogP contribution is 2.19. The molecule has 28 heavy (non-hydrogen) atoms. The summed E-state index contributed by atoms with van der Waals surface area (Å²) in [5.41, 5.74) is 1.56. The molecule has 3 N–H and O–H groups in total. The number of rotatable bonds is 6. The van der Waals surface area contributed by atoms with Gasteiger partial charge < -0.3 is 16.0 Å². The Kier molecular flexibility index (Phi) is 10.0. The summed E-state index contributed by atoms with van der Waals surface area (Å²) < 4.78 is 37.4. The second-order valence-electron chi connectivity index (χ2n) is 6.46. The van der Waals surface area contributed by atoms with Gasteiger partial charge in [0.2, 0.25) is 0 Å². The minimum atomic E-state index is -4.17. The largest absolute Gasteiger partial charge is 0.401 e. The molecule has 1 aliphatic heterocycles. The van der Waals surface area contributed by atoms with Crippen molar-refractivity contribution < 1.29 is 18.0 Å². The SMILES string of the molecule is CCNC(=O)c1ccc(CNC(=NC)NC2CCN(CC(F)(F)F)C2)cc1.I. The molecule has 0 saturated carbocycles. The third-order valence-electron chi connectivity index (χ3n) is 4.25. The molecule has 0 aliphatic carbocycles. The number of halogens is 4. The Morgan fingerprint density at radius 3 is 2.50 bits per heavy atom. The van der Waals surface area contributed by atoms with Crippen molar-refractivity contribution in [3.8, 4) is 0 Å². The average molecular weight is 513 g/mol. The van der Waals surface area contributed by atoms with Gasteiger partial charge in [-0.2, -0.15) is 13.2 Å². The third-order valence-corrected chi connectivity index (χ3v) is 4.25. The van der Waals surface area contributed by atoms with E-state index in [9.17, 15) is 18.0 Å². The topological polar surface area (TPSA) is 68.8 Å². The molecule has 0 bridgehead atoms. The quantitative estimate of drug-likeness (QED) is 0.311. The predicted molar refractivity (Wildman–Crippen MR) is 114 cm³/mol. The normalized spacial score (nSPS) is 17.8. The molecule has 1 aromatic carbocycles. The van der Waals surface area contributed by atoms with Crippen LogP contribution in [0.1, 0.15) is 29.3 Å². The summed E-state index contributed by atoms with van der Waals surface area (Å²) in [5, 5.41) is 9.05. The highest BCUT2D eigenvalue weighted by Gasteiger charge is 2.34. The Bertz CT molecular complexity index is 652. The van der Waals surface area contributed by atoms with Gasteiger partial charge in [0.05, 0.1) is 6.54 Å². The summed E-state index contributed by atoms with van der Waals surface area (Å²) in [7, 11) is 1.62.